The summed E-state index contributed by atoms with van der Waals surface area (Å²) >= 11 is 6.13. The van der Waals surface area contributed by atoms with Crippen LogP contribution in [0.1, 0.15) is 5.56 Å². The van der Waals surface area contributed by atoms with Crippen LogP contribution < -0.4 is 4.31 Å². The molecule has 0 saturated heterocycles. The van der Waals surface area contributed by atoms with Crippen LogP contribution in [0.5, 0.6) is 0 Å². The maximum atomic E-state index is 13.4. The zero-order chi connectivity index (χ0) is 19.2. The summed E-state index contributed by atoms with van der Waals surface area (Å²) < 4.78 is 27.9. The second-order valence-electron chi connectivity index (χ2n) is 6.06. The lowest BCUT2D eigenvalue weighted by Gasteiger charge is -2.32. The molecule has 1 heterocycles. The predicted octanol–water partition coefficient (Wildman–Crippen LogP) is 4.62. The van der Waals surface area contributed by atoms with E-state index in [0.29, 0.717) is 16.3 Å². The van der Waals surface area contributed by atoms with Gasteiger partial charge in [-0.2, -0.15) is 0 Å². The number of hydrogen-bond acceptors (Lipinski definition) is 4. The average Bonchev–Trinajstić information content (AvgIpc) is 2.67. The van der Waals surface area contributed by atoms with Crippen LogP contribution in [0.4, 0.5) is 11.4 Å². The highest BCUT2D eigenvalue weighted by Gasteiger charge is 2.35. The monoisotopic (exact) mass is 400 g/mol. The minimum atomic E-state index is -4.16. The van der Waals surface area contributed by atoms with Crippen molar-refractivity contribution in [1.29, 1.82) is 0 Å². The van der Waals surface area contributed by atoms with Crippen LogP contribution in [0.3, 0.4) is 0 Å². The summed E-state index contributed by atoms with van der Waals surface area (Å²) in [5, 5.41) is 11.8. The third kappa shape index (κ3) is 2.85. The molecule has 136 valence electrons. The predicted molar refractivity (Wildman–Crippen MR) is 103 cm³/mol. The smallest absolute Gasteiger partial charge is 0.261 e. The van der Waals surface area contributed by atoms with Gasteiger partial charge in [0.25, 0.3) is 15.7 Å². The van der Waals surface area contributed by atoms with Gasteiger partial charge in [0.2, 0.25) is 0 Å². The van der Waals surface area contributed by atoms with E-state index in [-0.39, 0.29) is 11.4 Å². The molecular weight excluding hydrogens is 388 g/mol. The average molecular weight is 401 g/mol. The largest absolute Gasteiger partial charge is 0.289 e. The molecule has 0 radical (unpaired) electrons. The van der Waals surface area contributed by atoms with E-state index in [9.17, 15) is 18.5 Å². The molecule has 0 spiro atoms. The van der Waals surface area contributed by atoms with Crippen molar-refractivity contribution in [2.45, 2.75) is 11.4 Å². The van der Waals surface area contributed by atoms with Gasteiger partial charge in [0.1, 0.15) is 0 Å². The highest BCUT2D eigenvalue weighted by atomic mass is 35.5. The van der Waals surface area contributed by atoms with Gasteiger partial charge in [0.15, 0.2) is 4.90 Å². The molecule has 0 fully saturated rings. The second kappa shape index (κ2) is 6.37. The van der Waals surface area contributed by atoms with Gasteiger partial charge in [-0.15, -0.1) is 0 Å². The molecule has 0 amide bonds. The van der Waals surface area contributed by atoms with E-state index in [2.05, 4.69) is 0 Å². The topological polar surface area (TPSA) is 80.5 Å². The molecule has 3 aromatic rings. The number of fused-ring (bicyclic) bond motifs is 3. The fourth-order valence-electron chi connectivity index (χ4n) is 3.26. The molecule has 0 aliphatic carbocycles. The van der Waals surface area contributed by atoms with Gasteiger partial charge in [-0.1, -0.05) is 48.0 Å². The number of benzene rings is 3. The fourth-order valence-corrected chi connectivity index (χ4v) is 5.06. The lowest BCUT2D eigenvalue weighted by molar-refractivity contribution is -0.387. The summed E-state index contributed by atoms with van der Waals surface area (Å²) in [6, 6.07) is 17.7. The van der Waals surface area contributed by atoms with Crippen LogP contribution in [-0.2, 0) is 16.6 Å². The molecule has 0 atom stereocenters. The van der Waals surface area contributed by atoms with E-state index >= 15 is 0 Å². The molecule has 0 bridgehead atoms. The quantitative estimate of drug-likeness (QED) is 0.474. The molecule has 6 nitrogen and oxygen atoms in total. The Labute approximate surface area is 160 Å². The van der Waals surface area contributed by atoms with Crippen molar-refractivity contribution in [3.8, 4) is 11.1 Å². The zero-order valence-corrected chi connectivity index (χ0v) is 15.4. The normalized spacial score (nSPS) is 13.0. The Hall–Kier alpha value is -2.90. The van der Waals surface area contributed by atoms with Crippen molar-refractivity contribution in [2.75, 3.05) is 4.31 Å². The molecule has 1 aliphatic rings. The van der Waals surface area contributed by atoms with Gasteiger partial charge in [0, 0.05) is 16.7 Å². The van der Waals surface area contributed by atoms with Crippen LogP contribution in [0.25, 0.3) is 11.1 Å². The van der Waals surface area contributed by atoms with Crippen LogP contribution in [0.15, 0.2) is 71.6 Å². The van der Waals surface area contributed by atoms with E-state index in [4.69, 9.17) is 11.6 Å². The lowest BCUT2D eigenvalue weighted by atomic mass is 9.95. The molecule has 4 rings (SSSR count). The second-order valence-corrected chi connectivity index (χ2v) is 8.32. The SMILES string of the molecule is O=[N+]([O-])c1ccccc1S(=O)(=O)N1Cc2ccccc2-c2cc(Cl)ccc21. The maximum Gasteiger partial charge on any atom is 0.289 e. The third-order valence-electron chi connectivity index (χ3n) is 4.48. The van der Waals surface area contributed by atoms with Gasteiger partial charge in [-0.05, 0) is 35.4 Å². The van der Waals surface area contributed by atoms with Crippen molar-refractivity contribution in [1.82, 2.24) is 0 Å². The zero-order valence-electron chi connectivity index (χ0n) is 13.9. The summed E-state index contributed by atoms with van der Waals surface area (Å²) in [7, 11) is -4.16. The Morgan fingerprint density at radius 1 is 0.963 bits per heavy atom. The van der Waals surface area contributed by atoms with Crippen molar-refractivity contribution >= 4 is 33.0 Å². The minimum absolute atomic E-state index is 0.0825. The number of nitro benzene ring substituents is 1. The summed E-state index contributed by atoms with van der Waals surface area (Å²) in [6.45, 7) is 0.0825. The molecule has 0 saturated carbocycles. The molecule has 8 heteroatoms. The van der Waals surface area contributed by atoms with E-state index in [1.807, 2.05) is 24.3 Å². The van der Waals surface area contributed by atoms with Crippen molar-refractivity contribution in [3.05, 3.63) is 87.4 Å². The Morgan fingerprint density at radius 2 is 1.67 bits per heavy atom. The summed E-state index contributed by atoms with van der Waals surface area (Å²) in [6.07, 6.45) is 0. The van der Waals surface area contributed by atoms with Crippen LogP contribution >= 0.6 is 11.6 Å². The fraction of sp³-hybridized carbons (Fsp3) is 0.0526. The number of nitro groups is 1. The molecule has 0 unspecified atom stereocenters. The van der Waals surface area contributed by atoms with Gasteiger partial charge in [-0.25, -0.2) is 8.42 Å². The molecule has 1 aliphatic heterocycles. The summed E-state index contributed by atoms with van der Waals surface area (Å²) in [5.41, 5.74) is 2.35. The highest BCUT2D eigenvalue weighted by molar-refractivity contribution is 7.93. The number of para-hydroxylation sites is 1. The number of halogens is 1. The molecular formula is C19H13ClN2O4S. The summed E-state index contributed by atoms with van der Waals surface area (Å²) in [4.78, 5) is 10.3. The van der Waals surface area contributed by atoms with Crippen LogP contribution in [0, 0.1) is 10.1 Å². The first-order chi connectivity index (χ1) is 12.9. The highest BCUT2D eigenvalue weighted by Crippen LogP contribution is 2.43. The first kappa shape index (κ1) is 17.5. The number of anilines is 1. The number of sulfonamides is 1. The van der Waals surface area contributed by atoms with Crippen molar-refractivity contribution in [2.24, 2.45) is 0 Å². The Kier molecular flexibility index (Phi) is 4.13. The molecule has 27 heavy (non-hydrogen) atoms. The number of nitrogens with zero attached hydrogens (tertiary/aromatic N) is 2. The Bertz CT molecular complexity index is 1180. The molecule has 3 aromatic carbocycles. The van der Waals surface area contributed by atoms with E-state index in [1.165, 1.54) is 28.6 Å². The maximum absolute atomic E-state index is 13.4. The van der Waals surface area contributed by atoms with Crippen molar-refractivity contribution < 1.29 is 13.3 Å². The standard InChI is InChI=1S/C19H13ClN2O4S/c20-14-9-10-17-16(11-14)15-6-2-1-5-13(15)12-21(17)27(25,26)19-8-4-3-7-18(19)22(23)24/h1-11H,12H2. The van der Waals surface area contributed by atoms with Gasteiger partial charge >= 0.3 is 0 Å². The Morgan fingerprint density at radius 3 is 2.44 bits per heavy atom. The van der Waals surface area contributed by atoms with E-state index < -0.39 is 20.6 Å². The van der Waals surface area contributed by atoms with Gasteiger partial charge in [0.05, 0.1) is 17.2 Å². The van der Waals surface area contributed by atoms with E-state index in [0.717, 1.165) is 11.1 Å². The first-order valence-electron chi connectivity index (χ1n) is 8.03. The minimum Gasteiger partial charge on any atom is -0.261 e. The van der Waals surface area contributed by atoms with Crippen LogP contribution in [-0.4, -0.2) is 13.3 Å². The van der Waals surface area contributed by atoms with Crippen molar-refractivity contribution in [3.63, 3.8) is 0 Å². The summed E-state index contributed by atoms with van der Waals surface area (Å²) in [5.74, 6) is 0. The van der Waals surface area contributed by atoms with E-state index in [1.54, 1.807) is 18.2 Å². The number of hydrogen-bond donors (Lipinski definition) is 0. The molecule has 0 aromatic heterocycles. The third-order valence-corrected chi connectivity index (χ3v) is 6.52. The van der Waals surface area contributed by atoms with Gasteiger partial charge in [-0.3, -0.25) is 14.4 Å². The van der Waals surface area contributed by atoms with Crippen LogP contribution in [0.2, 0.25) is 5.02 Å². The Balaban J connectivity index is 1.95. The number of rotatable bonds is 3. The first-order valence-corrected chi connectivity index (χ1v) is 9.85. The molecule has 0 N–H and O–H groups in total. The van der Waals surface area contributed by atoms with Gasteiger partial charge < -0.3 is 0 Å². The lowest BCUT2D eigenvalue weighted by Crippen LogP contribution is -2.33.